The van der Waals surface area contributed by atoms with Gasteiger partial charge >= 0.3 is 0 Å². The minimum atomic E-state index is -0.373. The second-order valence-corrected chi connectivity index (χ2v) is 9.37. The molecule has 0 aromatic heterocycles. The van der Waals surface area contributed by atoms with Crippen molar-refractivity contribution in [2.24, 2.45) is 5.92 Å². The van der Waals surface area contributed by atoms with Crippen LogP contribution >= 0.6 is 11.6 Å². The van der Waals surface area contributed by atoms with Crippen molar-refractivity contribution < 1.29 is 9.59 Å². The van der Waals surface area contributed by atoms with Crippen molar-refractivity contribution in [3.8, 4) is 0 Å². The van der Waals surface area contributed by atoms with E-state index in [9.17, 15) is 9.59 Å². The van der Waals surface area contributed by atoms with E-state index in [1.54, 1.807) is 0 Å². The predicted octanol–water partition coefficient (Wildman–Crippen LogP) is 4.62. The highest BCUT2D eigenvalue weighted by Gasteiger charge is 2.51. The maximum atomic E-state index is 12.9. The SMILES string of the molecule is O=C(CC1=CCCCC1)N1CCC[C@@H](CNC(=O)C2(c3ccc(Cl)cc3)CC2)C1. The van der Waals surface area contributed by atoms with E-state index < -0.39 is 0 Å². The van der Waals surface area contributed by atoms with Gasteiger partial charge in [-0.2, -0.15) is 0 Å². The smallest absolute Gasteiger partial charge is 0.230 e. The van der Waals surface area contributed by atoms with Gasteiger partial charge in [0, 0.05) is 31.1 Å². The van der Waals surface area contributed by atoms with E-state index in [0.717, 1.165) is 57.2 Å². The Morgan fingerprint density at radius 2 is 1.93 bits per heavy atom. The molecule has 0 radical (unpaired) electrons. The van der Waals surface area contributed by atoms with E-state index >= 15 is 0 Å². The van der Waals surface area contributed by atoms with Gasteiger partial charge in [-0.05, 0) is 75.0 Å². The van der Waals surface area contributed by atoms with Crippen LogP contribution in [-0.4, -0.2) is 36.3 Å². The first-order chi connectivity index (χ1) is 14.1. The second kappa shape index (κ2) is 8.91. The van der Waals surface area contributed by atoms with Crippen molar-refractivity contribution in [1.29, 1.82) is 0 Å². The lowest BCUT2D eigenvalue weighted by molar-refractivity contribution is -0.132. The van der Waals surface area contributed by atoms with Crippen LogP contribution in [-0.2, 0) is 15.0 Å². The monoisotopic (exact) mass is 414 g/mol. The van der Waals surface area contributed by atoms with Crippen molar-refractivity contribution in [2.45, 2.75) is 63.2 Å². The molecule has 4 nitrogen and oxygen atoms in total. The zero-order chi connectivity index (χ0) is 20.3. The fraction of sp³-hybridized carbons (Fsp3) is 0.583. The summed E-state index contributed by atoms with van der Waals surface area (Å²) in [6.07, 6.45) is 11.4. The Balaban J connectivity index is 1.28. The summed E-state index contributed by atoms with van der Waals surface area (Å²) in [6.45, 7) is 2.27. The van der Waals surface area contributed by atoms with Crippen LogP contribution in [0.3, 0.4) is 0 Å². The normalized spacial score (nSPS) is 23.3. The van der Waals surface area contributed by atoms with E-state index in [2.05, 4.69) is 11.4 Å². The molecule has 29 heavy (non-hydrogen) atoms. The van der Waals surface area contributed by atoms with Crippen molar-refractivity contribution in [3.63, 3.8) is 0 Å². The maximum absolute atomic E-state index is 12.9. The van der Waals surface area contributed by atoms with E-state index in [4.69, 9.17) is 11.6 Å². The van der Waals surface area contributed by atoms with Crippen molar-refractivity contribution in [1.82, 2.24) is 10.2 Å². The average molecular weight is 415 g/mol. The van der Waals surface area contributed by atoms with Crippen LogP contribution in [0.4, 0.5) is 0 Å². The van der Waals surface area contributed by atoms with Crippen LogP contribution in [0.25, 0.3) is 0 Å². The summed E-state index contributed by atoms with van der Waals surface area (Å²) in [5.74, 6) is 0.725. The standard InChI is InChI=1S/C24H31ClN2O2/c25-21-10-8-20(9-11-21)24(12-13-24)23(29)26-16-19-7-4-14-27(17-19)22(28)15-18-5-2-1-3-6-18/h5,8-11,19H,1-4,6-7,12-17H2,(H,26,29)/t19-/m0/s1. The molecule has 156 valence electrons. The van der Waals surface area contributed by atoms with E-state index in [-0.39, 0.29) is 17.2 Å². The largest absolute Gasteiger partial charge is 0.355 e. The van der Waals surface area contributed by atoms with E-state index in [0.29, 0.717) is 23.9 Å². The molecule has 0 unspecified atom stereocenters. The summed E-state index contributed by atoms with van der Waals surface area (Å²) >= 11 is 5.99. The quantitative estimate of drug-likeness (QED) is 0.690. The van der Waals surface area contributed by atoms with Crippen molar-refractivity contribution in [2.75, 3.05) is 19.6 Å². The van der Waals surface area contributed by atoms with Gasteiger partial charge in [0.2, 0.25) is 11.8 Å². The van der Waals surface area contributed by atoms with Crippen molar-refractivity contribution >= 4 is 23.4 Å². The first-order valence-corrected chi connectivity index (χ1v) is 11.4. The fourth-order valence-electron chi connectivity index (χ4n) is 4.78. The van der Waals surface area contributed by atoms with Gasteiger partial charge in [0.25, 0.3) is 0 Å². The number of benzene rings is 1. The molecular weight excluding hydrogens is 384 g/mol. The van der Waals surface area contributed by atoms with E-state index in [1.165, 1.54) is 18.4 Å². The number of allylic oxidation sites excluding steroid dienone is 1. The molecule has 0 bridgehead atoms. The number of carbonyl (C=O) groups excluding carboxylic acids is 2. The second-order valence-electron chi connectivity index (χ2n) is 8.93. The minimum Gasteiger partial charge on any atom is -0.355 e. The molecular formula is C24H31ClN2O2. The van der Waals surface area contributed by atoms with Crippen LogP contribution < -0.4 is 5.32 Å². The molecule has 5 heteroatoms. The number of carbonyl (C=O) groups is 2. The van der Waals surface area contributed by atoms with Crippen LogP contribution in [0.1, 0.15) is 63.4 Å². The lowest BCUT2D eigenvalue weighted by Gasteiger charge is -2.33. The number of rotatable bonds is 6. The molecule has 1 aliphatic heterocycles. The van der Waals surface area contributed by atoms with Gasteiger partial charge in [-0.25, -0.2) is 0 Å². The topological polar surface area (TPSA) is 49.4 Å². The molecule has 2 fully saturated rings. The lowest BCUT2D eigenvalue weighted by Crippen LogP contribution is -2.45. The Labute approximate surface area is 178 Å². The van der Waals surface area contributed by atoms with Crippen LogP contribution in [0, 0.1) is 5.92 Å². The summed E-state index contributed by atoms with van der Waals surface area (Å²) < 4.78 is 0. The molecule has 1 saturated heterocycles. The highest BCUT2D eigenvalue weighted by atomic mass is 35.5. The first kappa shape index (κ1) is 20.5. The Morgan fingerprint density at radius 1 is 1.14 bits per heavy atom. The Bertz CT molecular complexity index is 783. The third kappa shape index (κ3) is 4.85. The van der Waals surface area contributed by atoms with Crippen molar-refractivity contribution in [3.05, 3.63) is 46.5 Å². The Morgan fingerprint density at radius 3 is 2.62 bits per heavy atom. The third-order valence-electron chi connectivity index (χ3n) is 6.77. The number of halogens is 1. The highest BCUT2D eigenvalue weighted by molar-refractivity contribution is 6.30. The van der Waals surface area contributed by atoms with Crippen LogP contribution in [0.5, 0.6) is 0 Å². The average Bonchev–Trinajstić information content (AvgIpc) is 3.55. The predicted molar refractivity (Wildman–Crippen MR) is 116 cm³/mol. The number of nitrogens with one attached hydrogen (secondary N) is 1. The summed E-state index contributed by atoms with van der Waals surface area (Å²) in [6, 6.07) is 7.65. The molecule has 1 heterocycles. The van der Waals surface area contributed by atoms with Gasteiger partial charge in [-0.1, -0.05) is 35.4 Å². The first-order valence-electron chi connectivity index (χ1n) is 11.1. The zero-order valence-corrected chi connectivity index (χ0v) is 17.8. The number of piperidine rings is 1. The molecule has 2 aliphatic carbocycles. The molecule has 1 saturated carbocycles. The van der Waals surface area contributed by atoms with Gasteiger partial charge in [0.05, 0.1) is 5.41 Å². The van der Waals surface area contributed by atoms with Crippen LogP contribution in [0.2, 0.25) is 5.02 Å². The number of likely N-dealkylation sites (tertiary alicyclic amines) is 1. The number of nitrogens with zero attached hydrogens (tertiary/aromatic N) is 1. The molecule has 3 aliphatic rings. The number of hydrogen-bond acceptors (Lipinski definition) is 2. The molecule has 1 atom stereocenters. The number of amides is 2. The molecule has 1 aromatic rings. The lowest BCUT2D eigenvalue weighted by atomic mass is 9.93. The Hall–Kier alpha value is -1.81. The van der Waals surface area contributed by atoms with Gasteiger partial charge in [0.1, 0.15) is 0 Å². The highest BCUT2D eigenvalue weighted by Crippen LogP contribution is 2.48. The maximum Gasteiger partial charge on any atom is 0.230 e. The summed E-state index contributed by atoms with van der Waals surface area (Å²) in [7, 11) is 0. The fourth-order valence-corrected chi connectivity index (χ4v) is 4.90. The van der Waals surface area contributed by atoms with Gasteiger partial charge in [-0.15, -0.1) is 0 Å². The number of hydrogen-bond donors (Lipinski definition) is 1. The molecule has 4 rings (SSSR count). The summed E-state index contributed by atoms with van der Waals surface area (Å²) in [4.78, 5) is 27.6. The van der Waals surface area contributed by atoms with Gasteiger partial charge in [-0.3, -0.25) is 9.59 Å². The molecule has 2 amide bonds. The molecule has 0 spiro atoms. The van der Waals surface area contributed by atoms with Crippen LogP contribution in [0.15, 0.2) is 35.9 Å². The van der Waals surface area contributed by atoms with Gasteiger partial charge < -0.3 is 10.2 Å². The zero-order valence-electron chi connectivity index (χ0n) is 17.1. The molecule has 1 N–H and O–H groups in total. The van der Waals surface area contributed by atoms with Gasteiger partial charge in [0.15, 0.2) is 0 Å². The Kier molecular flexibility index (Phi) is 6.29. The third-order valence-corrected chi connectivity index (χ3v) is 7.02. The molecule has 1 aromatic carbocycles. The summed E-state index contributed by atoms with van der Waals surface area (Å²) in [5.41, 5.74) is 2.00. The van der Waals surface area contributed by atoms with E-state index in [1.807, 2.05) is 29.2 Å². The summed E-state index contributed by atoms with van der Waals surface area (Å²) in [5, 5.41) is 3.88. The minimum absolute atomic E-state index is 0.121.